The molecule has 1 heterocycles. The van der Waals surface area contributed by atoms with Crippen molar-refractivity contribution in [2.75, 3.05) is 10.5 Å². The van der Waals surface area contributed by atoms with Crippen molar-refractivity contribution in [1.82, 2.24) is 4.98 Å². The average molecular weight is 377 g/mol. The van der Waals surface area contributed by atoms with Crippen molar-refractivity contribution in [3.8, 4) is 0 Å². The van der Waals surface area contributed by atoms with Crippen LogP contribution in [0.25, 0.3) is 0 Å². The molecule has 0 aliphatic carbocycles. The van der Waals surface area contributed by atoms with Gasteiger partial charge in [0, 0.05) is 22.6 Å². The van der Waals surface area contributed by atoms with E-state index in [2.05, 4.69) is 25.6 Å². The van der Waals surface area contributed by atoms with Crippen LogP contribution in [-0.2, 0) is 10.0 Å². The highest BCUT2D eigenvalue weighted by Gasteiger charge is 2.20. The molecule has 20 heavy (non-hydrogen) atoms. The van der Waals surface area contributed by atoms with Crippen molar-refractivity contribution in [1.29, 1.82) is 0 Å². The Hall–Kier alpha value is -1.31. The number of aryl methyl sites for hydroxylation is 1. The van der Waals surface area contributed by atoms with E-state index in [9.17, 15) is 8.42 Å². The summed E-state index contributed by atoms with van der Waals surface area (Å²) in [4.78, 5) is 3.99. The summed E-state index contributed by atoms with van der Waals surface area (Å²) in [6.45, 7) is 1.77. The molecule has 0 atom stereocenters. The van der Waals surface area contributed by atoms with Gasteiger partial charge in [0.25, 0.3) is 10.0 Å². The fourth-order valence-electron chi connectivity index (χ4n) is 1.60. The monoisotopic (exact) mass is 375 g/mol. The summed E-state index contributed by atoms with van der Waals surface area (Å²) in [6.07, 6.45) is 1.52. The Morgan fingerprint density at radius 1 is 1.35 bits per heavy atom. The average Bonchev–Trinajstić information content (AvgIpc) is 2.33. The van der Waals surface area contributed by atoms with Gasteiger partial charge in [0.1, 0.15) is 4.90 Å². The van der Waals surface area contributed by atoms with Gasteiger partial charge in [-0.1, -0.05) is 11.6 Å². The van der Waals surface area contributed by atoms with Crippen LogP contribution >= 0.6 is 27.5 Å². The van der Waals surface area contributed by atoms with E-state index in [4.69, 9.17) is 17.3 Å². The van der Waals surface area contributed by atoms with Crippen molar-refractivity contribution < 1.29 is 8.42 Å². The number of nitrogens with one attached hydrogen (secondary N) is 1. The summed E-state index contributed by atoms with van der Waals surface area (Å²) in [5.74, 6) is 0. The zero-order chi connectivity index (χ0) is 14.9. The number of hydrogen-bond acceptors (Lipinski definition) is 4. The molecule has 3 N–H and O–H groups in total. The predicted molar refractivity (Wildman–Crippen MR) is 83.3 cm³/mol. The minimum absolute atomic E-state index is 0.0167. The number of nitrogens with two attached hydrogens (primary N) is 1. The minimum atomic E-state index is -3.79. The SMILES string of the molecule is Cc1cc(NS(=O)(=O)c2cc(Cl)cc(N)c2Br)ccn1. The number of hydrogen-bond donors (Lipinski definition) is 2. The van der Waals surface area contributed by atoms with Crippen LogP contribution in [0.15, 0.2) is 39.8 Å². The van der Waals surface area contributed by atoms with Crippen LogP contribution in [-0.4, -0.2) is 13.4 Å². The van der Waals surface area contributed by atoms with Crippen LogP contribution < -0.4 is 10.5 Å². The topological polar surface area (TPSA) is 85.1 Å². The number of anilines is 2. The van der Waals surface area contributed by atoms with Crippen molar-refractivity contribution in [2.24, 2.45) is 0 Å². The lowest BCUT2D eigenvalue weighted by Gasteiger charge is -2.11. The zero-order valence-corrected chi connectivity index (χ0v) is 13.6. The van der Waals surface area contributed by atoms with E-state index in [0.717, 1.165) is 0 Å². The summed E-state index contributed by atoms with van der Waals surface area (Å²) in [6, 6.07) is 5.99. The van der Waals surface area contributed by atoms with Gasteiger partial charge in [-0.2, -0.15) is 0 Å². The van der Waals surface area contributed by atoms with Gasteiger partial charge in [-0.15, -0.1) is 0 Å². The highest BCUT2D eigenvalue weighted by atomic mass is 79.9. The van der Waals surface area contributed by atoms with Crippen LogP contribution in [0.3, 0.4) is 0 Å². The van der Waals surface area contributed by atoms with E-state index in [1.807, 2.05) is 0 Å². The zero-order valence-electron chi connectivity index (χ0n) is 10.4. The third-order valence-electron chi connectivity index (χ3n) is 2.47. The smallest absolute Gasteiger partial charge is 0.263 e. The summed E-state index contributed by atoms with van der Waals surface area (Å²) in [5.41, 5.74) is 7.08. The van der Waals surface area contributed by atoms with Gasteiger partial charge in [-0.05, 0) is 47.1 Å². The first-order valence-electron chi connectivity index (χ1n) is 5.49. The number of pyridine rings is 1. The van der Waals surface area contributed by atoms with Gasteiger partial charge in [-0.3, -0.25) is 9.71 Å². The second-order valence-electron chi connectivity index (χ2n) is 4.10. The first-order chi connectivity index (χ1) is 9.29. The van der Waals surface area contributed by atoms with Gasteiger partial charge in [-0.25, -0.2) is 8.42 Å². The van der Waals surface area contributed by atoms with Crippen molar-refractivity contribution in [3.05, 3.63) is 45.7 Å². The van der Waals surface area contributed by atoms with Crippen LogP contribution in [0.1, 0.15) is 5.69 Å². The predicted octanol–water partition coefficient (Wildman–Crippen LogP) is 3.19. The third kappa shape index (κ3) is 3.23. The van der Waals surface area contributed by atoms with E-state index in [0.29, 0.717) is 11.4 Å². The lowest BCUT2D eigenvalue weighted by Crippen LogP contribution is -2.14. The molecule has 0 saturated carbocycles. The van der Waals surface area contributed by atoms with Crippen molar-refractivity contribution >= 4 is 48.9 Å². The Morgan fingerprint density at radius 2 is 2.05 bits per heavy atom. The molecule has 0 aliphatic rings. The standard InChI is InChI=1S/C12H11BrClN3O2S/c1-7-4-9(2-3-16-7)17-20(18,19)11-6-8(14)5-10(15)12(11)13/h2-6H,15H2,1H3,(H,16,17). The number of benzene rings is 1. The number of nitrogens with zero attached hydrogens (tertiary/aromatic N) is 1. The lowest BCUT2D eigenvalue weighted by atomic mass is 10.3. The van der Waals surface area contributed by atoms with E-state index in [1.165, 1.54) is 18.3 Å². The van der Waals surface area contributed by atoms with Crippen LogP contribution in [0, 0.1) is 6.92 Å². The molecule has 0 fully saturated rings. The van der Waals surface area contributed by atoms with E-state index < -0.39 is 10.0 Å². The number of halogens is 2. The van der Waals surface area contributed by atoms with Crippen LogP contribution in [0.4, 0.5) is 11.4 Å². The van der Waals surface area contributed by atoms with Crippen molar-refractivity contribution in [2.45, 2.75) is 11.8 Å². The molecule has 0 unspecified atom stereocenters. The van der Waals surface area contributed by atoms with Gasteiger partial charge in [0.2, 0.25) is 0 Å². The molecule has 1 aromatic carbocycles. The second kappa shape index (κ2) is 5.59. The molecule has 1 aromatic heterocycles. The number of nitrogen functional groups attached to an aromatic ring is 1. The molecule has 8 heteroatoms. The Balaban J connectivity index is 2.46. The maximum atomic E-state index is 12.4. The van der Waals surface area contributed by atoms with Gasteiger partial charge < -0.3 is 5.73 Å². The van der Waals surface area contributed by atoms with Crippen LogP contribution in [0.5, 0.6) is 0 Å². The molecule has 0 amide bonds. The second-order valence-corrected chi connectivity index (χ2v) is 6.98. The van der Waals surface area contributed by atoms with E-state index in [-0.39, 0.29) is 20.1 Å². The van der Waals surface area contributed by atoms with Crippen LogP contribution in [0.2, 0.25) is 5.02 Å². The lowest BCUT2D eigenvalue weighted by molar-refractivity contribution is 0.601. The Kier molecular flexibility index (Phi) is 4.22. The fourth-order valence-corrected chi connectivity index (χ4v) is 3.94. The molecule has 0 aliphatic heterocycles. The third-order valence-corrected chi connectivity index (χ3v) is 5.24. The molecular weight excluding hydrogens is 366 g/mol. The molecular formula is C12H11BrClN3O2S. The molecule has 2 rings (SSSR count). The fraction of sp³-hybridized carbons (Fsp3) is 0.0833. The van der Waals surface area contributed by atoms with Gasteiger partial charge in [0.05, 0.1) is 10.2 Å². The highest BCUT2D eigenvalue weighted by molar-refractivity contribution is 9.10. The minimum Gasteiger partial charge on any atom is -0.398 e. The summed E-state index contributed by atoms with van der Waals surface area (Å²) in [7, 11) is -3.79. The quantitative estimate of drug-likeness (QED) is 0.806. The Bertz CT molecular complexity index is 765. The van der Waals surface area contributed by atoms with Gasteiger partial charge in [0.15, 0.2) is 0 Å². The maximum absolute atomic E-state index is 12.4. The number of rotatable bonds is 3. The van der Waals surface area contributed by atoms with E-state index >= 15 is 0 Å². The maximum Gasteiger partial charge on any atom is 0.263 e. The Morgan fingerprint density at radius 3 is 2.70 bits per heavy atom. The first kappa shape index (κ1) is 15.1. The molecule has 0 bridgehead atoms. The largest absolute Gasteiger partial charge is 0.398 e. The molecule has 0 spiro atoms. The molecule has 106 valence electrons. The summed E-state index contributed by atoms with van der Waals surface area (Å²) in [5, 5.41) is 0.247. The summed E-state index contributed by atoms with van der Waals surface area (Å²) < 4.78 is 27.5. The number of aromatic nitrogens is 1. The molecule has 5 nitrogen and oxygen atoms in total. The molecule has 2 aromatic rings. The number of sulfonamides is 1. The first-order valence-corrected chi connectivity index (χ1v) is 8.15. The Labute approximate surface area is 130 Å². The summed E-state index contributed by atoms with van der Waals surface area (Å²) >= 11 is 9.02. The highest BCUT2D eigenvalue weighted by Crippen LogP contribution is 2.32. The normalized spacial score (nSPS) is 11.3. The molecule has 0 saturated heterocycles. The van der Waals surface area contributed by atoms with Crippen molar-refractivity contribution in [3.63, 3.8) is 0 Å². The van der Waals surface area contributed by atoms with E-state index in [1.54, 1.807) is 19.1 Å². The van der Waals surface area contributed by atoms with Gasteiger partial charge >= 0.3 is 0 Å². The molecule has 0 radical (unpaired) electrons.